The zero-order valence-corrected chi connectivity index (χ0v) is 7.11. The average Bonchev–Trinajstić information content (AvgIpc) is 2.14. The Morgan fingerprint density at radius 2 is 1.83 bits per heavy atom. The fourth-order valence-electron chi connectivity index (χ4n) is 1.09. The van der Waals surface area contributed by atoms with E-state index in [4.69, 9.17) is 5.11 Å². The van der Waals surface area contributed by atoms with Gasteiger partial charge in [-0.3, -0.25) is 0 Å². The molecule has 1 heteroatoms. The van der Waals surface area contributed by atoms with Crippen LogP contribution in [-0.2, 0) is 6.42 Å². The minimum absolute atomic E-state index is 0.148. The van der Waals surface area contributed by atoms with Gasteiger partial charge in [-0.05, 0) is 18.4 Å². The summed E-state index contributed by atoms with van der Waals surface area (Å²) in [6.45, 7) is 0.148. The largest absolute Gasteiger partial charge is 0.392 e. The molecule has 12 heavy (non-hydrogen) atoms. The minimum atomic E-state index is 0.148. The van der Waals surface area contributed by atoms with Gasteiger partial charge in [-0.2, -0.15) is 0 Å². The molecule has 0 spiro atoms. The molecular formula is C11H14O. The molecule has 0 aliphatic rings. The Balaban J connectivity index is 2.29. The van der Waals surface area contributed by atoms with Crippen molar-refractivity contribution < 1.29 is 5.11 Å². The predicted molar refractivity (Wildman–Crippen MR) is 51.0 cm³/mol. The first-order chi connectivity index (χ1) is 5.93. The molecule has 0 atom stereocenters. The molecule has 0 saturated heterocycles. The van der Waals surface area contributed by atoms with E-state index in [0.717, 1.165) is 12.8 Å². The highest BCUT2D eigenvalue weighted by Crippen LogP contribution is 2.02. The average molecular weight is 162 g/mol. The summed E-state index contributed by atoms with van der Waals surface area (Å²) in [7, 11) is 0. The lowest BCUT2D eigenvalue weighted by atomic mass is 10.1. The molecule has 0 bridgehead atoms. The van der Waals surface area contributed by atoms with Gasteiger partial charge in [0.15, 0.2) is 0 Å². The van der Waals surface area contributed by atoms with Crippen molar-refractivity contribution in [3.63, 3.8) is 0 Å². The van der Waals surface area contributed by atoms with Crippen LogP contribution < -0.4 is 0 Å². The van der Waals surface area contributed by atoms with Crippen molar-refractivity contribution >= 4 is 0 Å². The van der Waals surface area contributed by atoms with Crippen molar-refractivity contribution in [1.29, 1.82) is 0 Å². The van der Waals surface area contributed by atoms with Gasteiger partial charge in [0.25, 0.3) is 0 Å². The molecule has 1 rings (SSSR count). The molecule has 1 aromatic rings. The quantitative estimate of drug-likeness (QED) is 0.673. The van der Waals surface area contributed by atoms with Crippen LogP contribution in [0.5, 0.6) is 0 Å². The molecule has 0 fully saturated rings. The van der Waals surface area contributed by atoms with Gasteiger partial charge in [0.2, 0.25) is 0 Å². The fourth-order valence-corrected chi connectivity index (χ4v) is 1.09. The summed E-state index contributed by atoms with van der Waals surface area (Å²) in [4.78, 5) is 0. The maximum Gasteiger partial charge on any atom is 0.0612 e. The molecular weight excluding hydrogens is 148 g/mol. The fraction of sp³-hybridized carbons (Fsp3) is 0.273. The van der Waals surface area contributed by atoms with Crippen LogP contribution >= 0.6 is 0 Å². The Kier molecular flexibility index (Phi) is 4.17. The summed E-state index contributed by atoms with van der Waals surface area (Å²) in [5, 5.41) is 8.48. The van der Waals surface area contributed by atoms with E-state index in [1.165, 1.54) is 5.56 Å². The molecule has 0 aliphatic carbocycles. The lowest BCUT2D eigenvalue weighted by Crippen LogP contribution is -1.81. The van der Waals surface area contributed by atoms with Crippen LogP contribution in [0.15, 0.2) is 42.5 Å². The Morgan fingerprint density at radius 1 is 1.08 bits per heavy atom. The molecule has 0 saturated carbocycles. The number of benzene rings is 1. The molecule has 0 aliphatic heterocycles. The van der Waals surface area contributed by atoms with Gasteiger partial charge in [0, 0.05) is 0 Å². The lowest BCUT2D eigenvalue weighted by molar-refractivity contribution is 0.342. The Morgan fingerprint density at radius 3 is 2.50 bits per heavy atom. The number of hydrogen-bond acceptors (Lipinski definition) is 1. The van der Waals surface area contributed by atoms with E-state index >= 15 is 0 Å². The number of allylic oxidation sites excluding steroid dienone is 1. The van der Waals surface area contributed by atoms with Crippen molar-refractivity contribution in [2.75, 3.05) is 6.61 Å². The van der Waals surface area contributed by atoms with Gasteiger partial charge in [-0.15, -0.1) is 0 Å². The highest BCUT2D eigenvalue weighted by molar-refractivity contribution is 5.15. The number of rotatable bonds is 4. The second kappa shape index (κ2) is 5.56. The van der Waals surface area contributed by atoms with Crippen molar-refractivity contribution in [1.82, 2.24) is 0 Å². The van der Waals surface area contributed by atoms with Crippen molar-refractivity contribution in [3.05, 3.63) is 48.0 Å². The zero-order valence-electron chi connectivity index (χ0n) is 7.11. The molecule has 0 amide bonds. The van der Waals surface area contributed by atoms with Gasteiger partial charge >= 0.3 is 0 Å². The van der Waals surface area contributed by atoms with Crippen LogP contribution in [0.4, 0.5) is 0 Å². The first-order valence-corrected chi connectivity index (χ1v) is 4.23. The first-order valence-electron chi connectivity index (χ1n) is 4.23. The number of aliphatic hydroxyl groups is 1. The van der Waals surface area contributed by atoms with E-state index in [0.29, 0.717) is 0 Å². The van der Waals surface area contributed by atoms with Gasteiger partial charge in [-0.1, -0.05) is 42.5 Å². The Bertz CT molecular complexity index is 226. The third-order valence-electron chi connectivity index (χ3n) is 1.71. The molecule has 1 nitrogen and oxygen atoms in total. The number of aliphatic hydroxyl groups excluding tert-OH is 1. The minimum Gasteiger partial charge on any atom is -0.392 e. The predicted octanol–water partition coefficient (Wildman–Crippen LogP) is 2.17. The van der Waals surface area contributed by atoms with Crippen LogP contribution in [0.1, 0.15) is 12.0 Å². The molecule has 64 valence electrons. The summed E-state index contributed by atoms with van der Waals surface area (Å²) >= 11 is 0. The molecule has 1 aromatic carbocycles. The third-order valence-corrected chi connectivity index (χ3v) is 1.71. The van der Waals surface area contributed by atoms with E-state index in [2.05, 4.69) is 12.1 Å². The van der Waals surface area contributed by atoms with Crippen molar-refractivity contribution in [3.8, 4) is 0 Å². The molecule has 0 unspecified atom stereocenters. The lowest BCUT2D eigenvalue weighted by Gasteiger charge is -1.95. The van der Waals surface area contributed by atoms with E-state index in [-0.39, 0.29) is 6.61 Å². The summed E-state index contributed by atoms with van der Waals surface area (Å²) in [6.07, 6.45) is 5.85. The second-order valence-electron chi connectivity index (χ2n) is 2.68. The van der Waals surface area contributed by atoms with Crippen LogP contribution in [0.3, 0.4) is 0 Å². The highest BCUT2D eigenvalue weighted by atomic mass is 16.2. The molecule has 0 radical (unpaired) electrons. The van der Waals surface area contributed by atoms with E-state index in [1.54, 1.807) is 6.08 Å². The van der Waals surface area contributed by atoms with Gasteiger partial charge in [-0.25, -0.2) is 0 Å². The van der Waals surface area contributed by atoms with Gasteiger partial charge in [0.05, 0.1) is 6.61 Å². The van der Waals surface area contributed by atoms with Crippen molar-refractivity contribution in [2.24, 2.45) is 0 Å². The normalized spacial score (nSPS) is 10.8. The van der Waals surface area contributed by atoms with Crippen LogP contribution in [-0.4, -0.2) is 11.7 Å². The smallest absolute Gasteiger partial charge is 0.0612 e. The second-order valence-corrected chi connectivity index (χ2v) is 2.68. The Hall–Kier alpha value is -1.08. The number of aryl methyl sites for hydroxylation is 1. The molecule has 0 aromatic heterocycles. The monoisotopic (exact) mass is 162 g/mol. The van der Waals surface area contributed by atoms with Gasteiger partial charge < -0.3 is 5.11 Å². The SMILES string of the molecule is OC/C=C\CCc1ccccc1. The summed E-state index contributed by atoms with van der Waals surface area (Å²) in [6, 6.07) is 10.4. The maximum atomic E-state index is 8.48. The molecule has 1 N–H and O–H groups in total. The van der Waals surface area contributed by atoms with E-state index < -0.39 is 0 Å². The summed E-state index contributed by atoms with van der Waals surface area (Å²) < 4.78 is 0. The first kappa shape index (κ1) is 9.01. The Labute approximate surface area is 73.4 Å². The van der Waals surface area contributed by atoms with Crippen LogP contribution in [0.2, 0.25) is 0 Å². The topological polar surface area (TPSA) is 20.2 Å². The van der Waals surface area contributed by atoms with E-state index in [1.807, 2.05) is 24.3 Å². The maximum absolute atomic E-state index is 8.48. The van der Waals surface area contributed by atoms with Crippen LogP contribution in [0.25, 0.3) is 0 Å². The number of hydrogen-bond donors (Lipinski definition) is 1. The summed E-state index contributed by atoms with van der Waals surface area (Å²) in [5.74, 6) is 0. The van der Waals surface area contributed by atoms with Crippen LogP contribution in [0, 0.1) is 0 Å². The highest BCUT2D eigenvalue weighted by Gasteiger charge is 1.86. The molecule has 0 heterocycles. The summed E-state index contributed by atoms with van der Waals surface area (Å²) in [5.41, 5.74) is 1.35. The van der Waals surface area contributed by atoms with Gasteiger partial charge in [0.1, 0.15) is 0 Å². The van der Waals surface area contributed by atoms with E-state index in [9.17, 15) is 0 Å². The zero-order chi connectivity index (χ0) is 8.65. The third kappa shape index (κ3) is 3.35. The van der Waals surface area contributed by atoms with Crippen molar-refractivity contribution in [2.45, 2.75) is 12.8 Å². The standard InChI is InChI=1S/C11H14O/c12-10-6-2-5-9-11-7-3-1-4-8-11/h1-4,6-8,12H,5,9-10H2/b6-2-.